The highest BCUT2D eigenvalue weighted by molar-refractivity contribution is 6.33. The van der Waals surface area contributed by atoms with Gasteiger partial charge in [-0.1, -0.05) is 30.9 Å². The summed E-state index contributed by atoms with van der Waals surface area (Å²) < 4.78 is 0. The van der Waals surface area contributed by atoms with Gasteiger partial charge in [0.05, 0.1) is 23.3 Å². The Labute approximate surface area is 153 Å². The van der Waals surface area contributed by atoms with E-state index in [-0.39, 0.29) is 18.4 Å². The van der Waals surface area contributed by atoms with Gasteiger partial charge >= 0.3 is 0 Å². The van der Waals surface area contributed by atoms with E-state index in [0.717, 1.165) is 19.3 Å². The third-order valence-corrected chi connectivity index (χ3v) is 5.12. The van der Waals surface area contributed by atoms with Gasteiger partial charge in [-0.15, -0.1) is 0 Å². The zero-order valence-corrected chi connectivity index (χ0v) is 15.3. The first-order valence-electron chi connectivity index (χ1n) is 8.37. The van der Waals surface area contributed by atoms with E-state index < -0.39 is 5.54 Å². The third kappa shape index (κ3) is 4.23. The van der Waals surface area contributed by atoms with Crippen LogP contribution >= 0.6 is 11.6 Å². The van der Waals surface area contributed by atoms with E-state index >= 15 is 0 Å². The molecular formula is C18H23ClN4O2. The van der Waals surface area contributed by atoms with E-state index in [1.54, 1.807) is 37.2 Å². The maximum atomic E-state index is 12.6. The van der Waals surface area contributed by atoms with E-state index in [9.17, 15) is 14.9 Å². The van der Waals surface area contributed by atoms with Crippen molar-refractivity contribution >= 4 is 29.1 Å². The molecule has 0 aliphatic heterocycles. The van der Waals surface area contributed by atoms with Crippen LogP contribution < -0.4 is 10.6 Å². The monoisotopic (exact) mass is 362 g/mol. The quantitative estimate of drug-likeness (QED) is 0.843. The molecule has 1 saturated carbocycles. The first-order chi connectivity index (χ1) is 11.9. The molecule has 1 aliphatic carbocycles. The summed E-state index contributed by atoms with van der Waals surface area (Å²) in [5.41, 5.74) is 0.250. The van der Waals surface area contributed by atoms with Gasteiger partial charge in [0.1, 0.15) is 5.54 Å². The second kappa shape index (κ2) is 8.21. The molecule has 2 rings (SSSR count). The van der Waals surface area contributed by atoms with Crippen molar-refractivity contribution in [1.82, 2.24) is 10.2 Å². The smallest absolute Gasteiger partial charge is 0.251 e. The number of anilines is 1. The molecule has 0 spiro atoms. The third-order valence-electron chi connectivity index (χ3n) is 4.79. The number of nitriles is 1. The van der Waals surface area contributed by atoms with E-state index in [4.69, 9.17) is 11.6 Å². The van der Waals surface area contributed by atoms with Gasteiger partial charge in [-0.25, -0.2) is 0 Å². The Bertz CT molecular complexity index is 693. The molecule has 1 aromatic carbocycles. The molecule has 0 saturated heterocycles. The average molecular weight is 363 g/mol. The number of benzene rings is 1. The van der Waals surface area contributed by atoms with Gasteiger partial charge in [0.15, 0.2) is 0 Å². The molecule has 2 N–H and O–H groups in total. The first kappa shape index (κ1) is 19.1. The van der Waals surface area contributed by atoms with Crippen LogP contribution in [-0.4, -0.2) is 42.9 Å². The number of nitrogens with one attached hydrogen (secondary N) is 2. The summed E-state index contributed by atoms with van der Waals surface area (Å²) in [6.45, 7) is 0.0108. The maximum absolute atomic E-state index is 12.6. The molecule has 0 atom stereocenters. The van der Waals surface area contributed by atoms with Crippen molar-refractivity contribution in [2.75, 3.05) is 26.0 Å². The molecule has 0 aromatic heterocycles. The largest absolute Gasteiger partial charge is 0.375 e. The van der Waals surface area contributed by atoms with Crippen molar-refractivity contribution in [1.29, 1.82) is 5.26 Å². The standard InChI is InChI=1S/C18H23ClN4O2/c1-21-17(25)13-6-7-14(19)15(10-13)22-11-16(24)23(2)18(12-20)8-4-3-5-9-18/h6-7,10,22H,3-5,8-9,11H2,1-2H3,(H,21,25). The zero-order valence-electron chi connectivity index (χ0n) is 14.6. The zero-order chi connectivity index (χ0) is 18.4. The van der Waals surface area contributed by atoms with Crippen molar-refractivity contribution < 1.29 is 9.59 Å². The molecule has 1 aliphatic rings. The van der Waals surface area contributed by atoms with Crippen molar-refractivity contribution in [2.24, 2.45) is 0 Å². The summed E-state index contributed by atoms with van der Waals surface area (Å²) in [4.78, 5) is 25.8. The molecule has 7 heteroatoms. The van der Waals surface area contributed by atoms with Crippen LogP contribution in [0, 0.1) is 11.3 Å². The molecule has 0 heterocycles. The predicted octanol–water partition coefficient (Wildman–Crippen LogP) is 2.80. The summed E-state index contributed by atoms with van der Waals surface area (Å²) in [7, 11) is 3.23. The Morgan fingerprint density at radius 2 is 2.00 bits per heavy atom. The van der Waals surface area contributed by atoms with E-state index in [2.05, 4.69) is 16.7 Å². The van der Waals surface area contributed by atoms with Gasteiger partial charge < -0.3 is 15.5 Å². The molecular weight excluding hydrogens is 340 g/mol. The van der Waals surface area contributed by atoms with Gasteiger partial charge in [0, 0.05) is 19.7 Å². The van der Waals surface area contributed by atoms with Crippen LogP contribution in [0.25, 0.3) is 0 Å². The number of carbonyl (C=O) groups excluding carboxylic acids is 2. The number of likely N-dealkylation sites (N-methyl/N-ethyl adjacent to an activating group) is 1. The fourth-order valence-corrected chi connectivity index (χ4v) is 3.32. The van der Waals surface area contributed by atoms with Crippen LogP contribution in [0.4, 0.5) is 5.69 Å². The summed E-state index contributed by atoms with van der Waals surface area (Å²) in [5.74, 6) is -0.404. The highest BCUT2D eigenvalue weighted by Gasteiger charge is 2.38. The molecule has 25 heavy (non-hydrogen) atoms. The lowest BCUT2D eigenvalue weighted by Gasteiger charge is -2.39. The minimum Gasteiger partial charge on any atom is -0.375 e. The highest BCUT2D eigenvalue weighted by atomic mass is 35.5. The van der Waals surface area contributed by atoms with E-state index in [1.165, 1.54) is 0 Å². The fraction of sp³-hybridized carbons (Fsp3) is 0.500. The second-order valence-corrected chi connectivity index (χ2v) is 6.69. The van der Waals surface area contributed by atoms with E-state index in [0.29, 0.717) is 29.1 Å². The van der Waals surface area contributed by atoms with Crippen LogP contribution in [0.5, 0.6) is 0 Å². The minimum absolute atomic E-state index is 0.0108. The van der Waals surface area contributed by atoms with Gasteiger partial charge in [-0.2, -0.15) is 5.26 Å². The van der Waals surface area contributed by atoms with Crippen LogP contribution in [0.1, 0.15) is 42.5 Å². The molecule has 1 aromatic rings. The number of hydrogen-bond acceptors (Lipinski definition) is 4. The lowest BCUT2D eigenvalue weighted by Crippen LogP contribution is -2.51. The van der Waals surface area contributed by atoms with Crippen molar-refractivity contribution in [3.05, 3.63) is 28.8 Å². The maximum Gasteiger partial charge on any atom is 0.251 e. The molecule has 6 nitrogen and oxygen atoms in total. The van der Waals surface area contributed by atoms with Gasteiger partial charge in [-0.3, -0.25) is 9.59 Å². The number of amides is 2. The average Bonchev–Trinajstić information content (AvgIpc) is 2.66. The van der Waals surface area contributed by atoms with Crippen molar-refractivity contribution in [2.45, 2.75) is 37.6 Å². The fourth-order valence-electron chi connectivity index (χ4n) is 3.13. The summed E-state index contributed by atoms with van der Waals surface area (Å²) in [6.07, 6.45) is 4.43. The Hall–Kier alpha value is -2.26. The Morgan fingerprint density at radius 1 is 1.32 bits per heavy atom. The topological polar surface area (TPSA) is 85.2 Å². The lowest BCUT2D eigenvalue weighted by atomic mass is 9.81. The predicted molar refractivity (Wildman–Crippen MR) is 97.5 cm³/mol. The first-order valence-corrected chi connectivity index (χ1v) is 8.75. The number of carbonyl (C=O) groups is 2. The van der Waals surface area contributed by atoms with Crippen LogP contribution in [0.3, 0.4) is 0 Å². The molecule has 2 amide bonds. The Kier molecular flexibility index (Phi) is 6.27. The van der Waals surface area contributed by atoms with Crippen molar-refractivity contribution in [3.8, 4) is 6.07 Å². The Balaban J connectivity index is 2.06. The molecule has 0 unspecified atom stereocenters. The molecule has 1 fully saturated rings. The lowest BCUT2D eigenvalue weighted by molar-refractivity contribution is -0.132. The minimum atomic E-state index is -0.718. The highest BCUT2D eigenvalue weighted by Crippen LogP contribution is 2.32. The molecule has 0 radical (unpaired) electrons. The SMILES string of the molecule is CNC(=O)c1ccc(Cl)c(NCC(=O)N(C)C2(C#N)CCCCC2)c1. The second-order valence-electron chi connectivity index (χ2n) is 6.28. The normalized spacial score (nSPS) is 15.8. The number of hydrogen-bond donors (Lipinski definition) is 2. The van der Waals surface area contributed by atoms with Gasteiger partial charge in [0.25, 0.3) is 5.91 Å². The van der Waals surface area contributed by atoms with Crippen LogP contribution in [0.15, 0.2) is 18.2 Å². The van der Waals surface area contributed by atoms with Gasteiger partial charge in [-0.05, 0) is 31.0 Å². The van der Waals surface area contributed by atoms with Crippen molar-refractivity contribution in [3.63, 3.8) is 0 Å². The molecule has 134 valence electrons. The number of nitrogens with zero attached hydrogens (tertiary/aromatic N) is 2. The Morgan fingerprint density at radius 3 is 2.60 bits per heavy atom. The number of rotatable bonds is 5. The summed E-state index contributed by atoms with van der Waals surface area (Å²) in [5, 5.41) is 15.5. The van der Waals surface area contributed by atoms with E-state index in [1.807, 2.05) is 0 Å². The summed E-state index contributed by atoms with van der Waals surface area (Å²) >= 11 is 6.14. The molecule has 0 bridgehead atoms. The summed E-state index contributed by atoms with van der Waals surface area (Å²) in [6, 6.07) is 7.17. The van der Waals surface area contributed by atoms with Gasteiger partial charge in [0.2, 0.25) is 5.91 Å². The number of halogens is 1. The van der Waals surface area contributed by atoms with Crippen LogP contribution in [-0.2, 0) is 4.79 Å². The van der Waals surface area contributed by atoms with Crippen LogP contribution in [0.2, 0.25) is 5.02 Å².